The highest BCUT2D eigenvalue weighted by molar-refractivity contribution is 6.00. The number of nitrogens with zero attached hydrogens (tertiary/aromatic N) is 2. The third-order valence-electron chi connectivity index (χ3n) is 2.62. The summed E-state index contributed by atoms with van der Waals surface area (Å²) in [4.78, 5) is 11.8. The van der Waals surface area contributed by atoms with E-state index in [0.717, 1.165) is 11.3 Å². The predicted molar refractivity (Wildman–Crippen MR) is 57.5 cm³/mol. The minimum Gasteiger partial charge on any atom is -0.272 e. The molecular weight excluding hydrogens is 188 g/mol. The summed E-state index contributed by atoms with van der Waals surface area (Å²) in [5, 5.41) is 1.70. The van der Waals surface area contributed by atoms with E-state index in [0.29, 0.717) is 6.42 Å². The predicted octanol–water partition coefficient (Wildman–Crippen LogP) is 1.84. The molecule has 3 rings (SSSR count). The first-order valence-electron chi connectivity index (χ1n) is 4.90. The van der Waals surface area contributed by atoms with Crippen LogP contribution in [0, 0.1) is 0 Å². The molecule has 0 fully saturated rings. The quantitative estimate of drug-likeness (QED) is 0.686. The SMILES string of the molecule is O=C1Cc2ccccc2N1n1cccc1. The Labute approximate surface area is 87.5 Å². The summed E-state index contributed by atoms with van der Waals surface area (Å²) in [6, 6.07) is 11.7. The second-order valence-corrected chi connectivity index (χ2v) is 3.57. The summed E-state index contributed by atoms with van der Waals surface area (Å²) in [7, 11) is 0. The van der Waals surface area contributed by atoms with E-state index in [1.807, 2.05) is 53.5 Å². The molecule has 1 aliphatic rings. The Balaban J connectivity index is 2.14. The molecule has 0 spiro atoms. The van der Waals surface area contributed by atoms with Crippen molar-refractivity contribution in [1.29, 1.82) is 0 Å². The molecule has 15 heavy (non-hydrogen) atoms. The molecule has 3 nitrogen and oxygen atoms in total. The van der Waals surface area contributed by atoms with E-state index in [-0.39, 0.29) is 5.91 Å². The van der Waals surface area contributed by atoms with Gasteiger partial charge in [0, 0.05) is 12.4 Å². The molecule has 0 N–H and O–H groups in total. The zero-order valence-corrected chi connectivity index (χ0v) is 8.13. The van der Waals surface area contributed by atoms with Gasteiger partial charge in [-0.15, -0.1) is 0 Å². The van der Waals surface area contributed by atoms with E-state index in [9.17, 15) is 4.79 Å². The molecule has 0 saturated heterocycles. The summed E-state index contributed by atoms with van der Waals surface area (Å²) in [6.45, 7) is 0. The highest BCUT2D eigenvalue weighted by Crippen LogP contribution is 2.28. The van der Waals surface area contributed by atoms with Gasteiger partial charge in [0.05, 0.1) is 12.1 Å². The van der Waals surface area contributed by atoms with Crippen LogP contribution in [0.2, 0.25) is 0 Å². The van der Waals surface area contributed by atoms with Crippen LogP contribution in [0.15, 0.2) is 48.8 Å². The maximum absolute atomic E-state index is 11.8. The van der Waals surface area contributed by atoms with Crippen molar-refractivity contribution in [2.75, 3.05) is 5.01 Å². The molecule has 1 aliphatic heterocycles. The minimum atomic E-state index is 0.118. The number of para-hydroxylation sites is 1. The van der Waals surface area contributed by atoms with Gasteiger partial charge >= 0.3 is 0 Å². The summed E-state index contributed by atoms with van der Waals surface area (Å²) < 4.78 is 1.81. The molecule has 0 aliphatic carbocycles. The van der Waals surface area contributed by atoms with E-state index in [1.165, 1.54) is 0 Å². The molecule has 0 atom stereocenters. The normalized spacial score (nSPS) is 14.4. The number of hydrogen-bond donors (Lipinski definition) is 0. The number of fused-ring (bicyclic) bond motifs is 1. The Bertz CT molecular complexity index is 502. The molecule has 0 bridgehead atoms. The van der Waals surface area contributed by atoms with Gasteiger partial charge in [-0.3, -0.25) is 9.47 Å². The van der Waals surface area contributed by atoms with Crippen molar-refractivity contribution in [3.05, 3.63) is 54.4 Å². The molecule has 3 heteroatoms. The lowest BCUT2D eigenvalue weighted by molar-refractivity contribution is -0.117. The molecule has 2 heterocycles. The average Bonchev–Trinajstić information content (AvgIpc) is 2.82. The lowest BCUT2D eigenvalue weighted by Gasteiger charge is -2.18. The molecular formula is C12H10N2O. The first kappa shape index (κ1) is 8.29. The Morgan fingerprint density at radius 3 is 2.53 bits per heavy atom. The Morgan fingerprint density at radius 2 is 1.73 bits per heavy atom. The summed E-state index contributed by atoms with van der Waals surface area (Å²) in [5.74, 6) is 0.118. The smallest absolute Gasteiger partial charge is 0.250 e. The first-order valence-corrected chi connectivity index (χ1v) is 4.90. The zero-order chi connectivity index (χ0) is 10.3. The second-order valence-electron chi connectivity index (χ2n) is 3.57. The van der Waals surface area contributed by atoms with Gasteiger partial charge in [0.25, 0.3) is 5.91 Å². The first-order chi connectivity index (χ1) is 7.36. The summed E-state index contributed by atoms with van der Waals surface area (Å²) >= 11 is 0. The van der Waals surface area contributed by atoms with Crippen LogP contribution in [0.3, 0.4) is 0 Å². The van der Waals surface area contributed by atoms with E-state index >= 15 is 0 Å². The minimum absolute atomic E-state index is 0.118. The highest BCUT2D eigenvalue weighted by atomic mass is 16.2. The standard InChI is InChI=1S/C12H10N2O/c15-12-9-10-5-1-2-6-11(10)14(12)13-7-3-4-8-13/h1-8H,9H2. The van der Waals surface area contributed by atoms with Crippen LogP contribution in [0.25, 0.3) is 0 Å². The van der Waals surface area contributed by atoms with Crippen LogP contribution in [-0.4, -0.2) is 10.6 Å². The molecule has 1 aromatic carbocycles. The van der Waals surface area contributed by atoms with Crippen LogP contribution in [0.1, 0.15) is 5.56 Å². The Hall–Kier alpha value is -2.03. The van der Waals surface area contributed by atoms with Gasteiger partial charge in [-0.25, -0.2) is 5.01 Å². The fourth-order valence-corrected chi connectivity index (χ4v) is 1.95. The van der Waals surface area contributed by atoms with Crippen LogP contribution in [0.5, 0.6) is 0 Å². The van der Waals surface area contributed by atoms with Gasteiger partial charge in [0.1, 0.15) is 0 Å². The van der Waals surface area contributed by atoms with Crippen molar-refractivity contribution in [2.24, 2.45) is 0 Å². The highest BCUT2D eigenvalue weighted by Gasteiger charge is 2.27. The van der Waals surface area contributed by atoms with Crippen molar-refractivity contribution < 1.29 is 4.79 Å². The third kappa shape index (κ3) is 1.16. The van der Waals surface area contributed by atoms with Crippen LogP contribution in [0.4, 0.5) is 5.69 Å². The van der Waals surface area contributed by atoms with E-state index in [2.05, 4.69) is 0 Å². The average molecular weight is 198 g/mol. The van der Waals surface area contributed by atoms with Gasteiger partial charge in [0.15, 0.2) is 0 Å². The van der Waals surface area contributed by atoms with Gasteiger partial charge in [-0.05, 0) is 23.8 Å². The molecule has 1 amide bonds. The number of hydrogen-bond acceptors (Lipinski definition) is 1. The number of benzene rings is 1. The van der Waals surface area contributed by atoms with Crippen molar-refractivity contribution in [3.8, 4) is 0 Å². The number of carbonyl (C=O) groups is 1. The summed E-state index contributed by atoms with van der Waals surface area (Å²) in [6.07, 6.45) is 4.24. The monoisotopic (exact) mass is 198 g/mol. The largest absolute Gasteiger partial charge is 0.272 e. The van der Waals surface area contributed by atoms with Gasteiger partial charge in [0.2, 0.25) is 0 Å². The van der Waals surface area contributed by atoms with E-state index in [1.54, 1.807) is 5.01 Å². The molecule has 0 unspecified atom stereocenters. The molecule has 74 valence electrons. The Kier molecular flexibility index (Phi) is 1.65. The fraction of sp³-hybridized carbons (Fsp3) is 0.0833. The van der Waals surface area contributed by atoms with Crippen LogP contribution < -0.4 is 5.01 Å². The number of amides is 1. The van der Waals surface area contributed by atoms with Crippen molar-refractivity contribution in [1.82, 2.24) is 4.68 Å². The van der Waals surface area contributed by atoms with Crippen molar-refractivity contribution >= 4 is 11.6 Å². The molecule has 0 radical (unpaired) electrons. The zero-order valence-electron chi connectivity index (χ0n) is 8.13. The lowest BCUT2D eigenvalue weighted by atomic mass is 10.2. The molecule has 0 saturated carbocycles. The van der Waals surface area contributed by atoms with E-state index < -0.39 is 0 Å². The van der Waals surface area contributed by atoms with Crippen molar-refractivity contribution in [3.63, 3.8) is 0 Å². The maximum Gasteiger partial charge on any atom is 0.250 e. The van der Waals surface area contributed by atoms with Crippen LogP contribution in [-0.2, 0) is 11.2 Å². The number of rotatable bonds is 1. The second kappa shape index (κ2) is 2.98. The number of anilines is 1. The van der Waals surface area contributed by atoms with Gasteiger partial charge in [-0.2, -0.15) is 0 Å². The van der Waals surface area contributed by atoms with Gasteiger partial charge < -0.3 is 0 Å². The van der Waals surface area contributed by atoms with Crippen molar-refractivity contribution in [2.45, 2.75) is 6.42 Å². The lowest BCUT2D eigenvalue weighted by Crippen LogP contribution is -2.31. The maximum atomic E-state index is 11.8. The molecule has 1 aromatic heterocycles. The number of aromatic nitrogens is 1. The summed E-state index contributed by atoms with van der Waals surface area (Å²) in [5.41, 5.74) is 2.08. The van der Waals surface area contributed by atoms with Gasteiger partial charge in [-0.1, -0.05) is 18.2 Å². The Morgan fingerprint density at radius 1 is 1.00 bits per heavy atom. The number of carbonyl (C=O) groups excluding carboxylic acids is 1. The topological polar surface area (TPSA) is 25.2 Å². The fourth-order valence-electron chi connectivity index (χ4n) is 1.95. The van der Waals surface area contributed by atoms with E-state index in [4.69, 9.17) is 0 Å². The van der Waals surface area contributed by atoms with Crippen LogP contribution >= 0.6 is 0 Å². The molecule has 2 aromatic rings. The third-order valence-corrected chi connectivity index (χ3v) is 2.62.